The number of rotatable bonds is 6. The maximum absolute atomic E-state index is 5.51. The first kappa shape index (κ1) is 17.0. The number of aromatic nitrogens is 2. The largest absolute Gasteiger partial charge is 0.494 e. The number of alkyl halides is 1. The number of fused-ring (bicyclic) bond motifs is 1. The molecule has 0 fully saturated rings. The van der Waals surface area contributed by atoms with Crippen molar-refractivity contribution in [1.82, 2.24) is 9.97 Å². The van der Waals surface area contributed by atoms with Crippen LogP contribution in [-0.2, 0) is 6.42 Å². The number of aryl methyl sites for hydroxylation is 1. The van der Waals surface area contributed by atoms with Gasteiger partial charge in [0.15, 0.2) is 0 Å². The van der Waals surface area contributed by atoms with E-state index in [0.717, 1.165) is 46.3 Å². The summed E-state index contributed by atoms with van der Waals surface area (Å²) in [6.45, 7) is 4.41. The minimum absolute atomic E-state index is 0.533. The number of imidazole rings is 1. The summed E-state index contributed by atoms with van der Waals surface area (Å²) < 4.78 is 5.51. The lowest BCUT2D eigenvalue weighted by Gasteiger charge is -2.05. The van der Waals surface area contributed by atoms with E-state index in [1.165, 1.54) is 11.1 Å². The molecule has 4 heteroatoms. The van der Waals surface area contributed by atoms with E-state index in [1.807, 2.05) is 6.07 Å². The van der Waals surface area contributed by atoms with E-state index < -0.39 is 0 Å². The zero-order valence-corrected chi connectivity index (χ0v) is 16.0. The Bertz CT molecular complexity index is 822. The van der Waals surface area contributed by atoms with E-state index in [2.05, 4.69) is 65.1 Å². The number of nitrogens with one attached hydrogen (secondary N) is 1. The number of H-pyrrole nitrogens is 1. The Kier molecular flexibility index (Phi) is 5.24. The standard InChI is InChI=1S/C20H23BrN2O/c1-13(2)14-6-8-16(9-7-14)20-22-18-15(5-4-12-21)10-11-17(24-3)19(18)23-20/h6-11,13H,4-5,12H2,1-3H3,(H,22,23). The summed E-state index contributed by atoms with van der Waals surface area (Å²) in [5, 5.41) is 0.995. The fourth-order valence-electron chi connectivity index (χ4n) is 2.91. The molecule has 0 bridgehead atoms. The molecule has 1 heterocycles. The molecule has 0 aliphatic carbocycles. The Hall–Kier alpha value is -1.81. The topological polar surface area (TPSA) is 37.9 Å². The lowest BCUT2D eigenvalue weighted by Crippen LogP contribution is -1.91. The predicted octanol–water partition coefficient (Wildman–Crippen LogP) is 5.69. The first-order valence-electron chi connectivity index (χ1n) is 8.36. The second-order valence-electron chi connectivity index (χ2n) is 6.31. The first-order chi connectivity index (χ1) is 11.6. The molecule has 0 atom stereocenters. The summed E-state index contributed by atoms with van der Waals surface area (Å²) in [7, 11) is 1.70. The van der Waals surface area contributed by atoms with Crippen LogP contribution in [-0.4, -0.2) is 22.4 Å². The van der Waals surface area contributed by atoms with Gasteiger partial charge in [-0.15, -0.1) is 0 Å². The van der Waals surface area contributed by atoms with Gasteiger partial charge in [0.05, 0.1) is 12.6 Å². The molecule has 2 aromatic carbocycles. The Morgan fingerprint density at radius 2 is 1.88 bits per heavy atom. The molecule has 0 aliphatic heterocycles. The summed E-state index contributed by atoms with van der Waals surface area (Å²) in [4.78, 5) is 8.32. The Labute approximate surface area is 151 Å². The van der Waals surface area contributed by atoms with E-state index in [4.69, 9.17) is 9.72 Å². The molecule has 0 aliphatic rings. The maximum atomic E-state index is 5.51. The number of methoxy groups -OCH3 is 1. The van der Waals surface area contributed by atoms with E-state index >= 15 is 0 Å². The van der Waals surface area contributed by atoms with Crippen LogP contribution in [0.3, 0.4) is 0 Å². The maximum Gasteiger partial charge on any atom is 0.144 e. The van der Waals surface area contributed by atoms with Gasteiger partial charge in [0.1, 0.15) is 17.1 Å². The van der Waals surface area contributed by atoms with Crippen LogP contribution >= 0.6 is 15.9 Å². The minimum atomic E-state index is 0.533. The Morgan fingerprint density at radius 1 is 1.12 bits per heavy atom. The second kappa shape index (κ2) is 7.39. The van der Waals surface area contributed by atoms with Crippen LogP contribution in [0, 0.1) is 0 Å². The van der Waals surface area contributed by atoms with Crippen molar-refractivity contribution in [1.29, 1.82) is 0 Å². The van der Waals surface area contributed by atoms with Crippen molar-refractivity contribution in [3.05, 3.63) is 47.5 Å². The van der Waals surface area contributed by atoms with Crippen LogP contribution < -0.4 is 4.74 Å². The van der Waals surface area contributed by atoms with Crippen LogP contribution in [0.1, 0.15) is 37.3 Å². The highest BCUT2D eigenvalue weighted by Gasteiger charge is 2.13. The molecule has 3 nitrogen and oxygen atoms in total. The summed E-state index contributed by atoms with van der Waals surface area (Å²) in [6.07, 6.45) is 2.09. The van der Waals surface area contributed by atoms with Crippen LogP contribution in [0.15, 0.2) is 36.4 Å². The van der Waals surface area contributed by atoms with E-state index in [9.17, 15) is 0 Å². The van der Waals surface area contributed by atoms with Crippen LogP contribution in [0.4, 0.5) is 0 Å². The van der Waals surface area contributed by atoms with Crippen molar-refractivity contribution in [2.75, 3.05) is 12.4 Å². The average molecular weight is 387 g/mol. The van der Waals surface area contributed by atoms with Gasteiger partial charge in [0.2, 0.25) is 0 Å². The van der Waals surface area contributed by atoms with Crippen molar-refractivity contribution in [3.63, 3.8) is 0 Å². The van der Waals surface area contributed by atoms with Gasteiger partial charge in [0.25, 0.3) is 0 Å². The minimum Gasteiger partial charge on any atom is -0.494 e. The molecule has 3 rings (SSSR count). The molecule has 24 heavy (non-hydrogen) atoms. The Morgan fingerprint density at radius 3 is 2.50 bits per heavy atom. The number of hydrogen-bond acceptors (Lipinski definition) is 2. The molecule has 0 unspecified atom stereocenters. The third-order valence-electron chi connectivity index (χ3n) is 4.34. The lowest BCUT2D eigenvalue weighted by molar-refractivity contribution is 0.419. The number of ether oxygens (including phenoxy) is 1. The highest BCUT2D eigenvalue weighted by Crippen LogP contribution is 2.31. The first-order valence-corrected chi connectivity index (χ1v) is 9.48. The highest BCUT2D eigenvalue weighted by atomic mass is 79.9. The predicted molar refractivity (Wildman–Crippen MR) is 104 cm³/mol. The number of nitrogens with zero attached hydrogens (tertiary/aromatic N) is 1. The fraction of sp³-hybridized carbons (Fsp3) is 0.350. The van der Waals surface area contributed by atoms with Gasteiger partial charge in [-0.3, -0.25) is 0 Å². The van der Waals surface area contributed by atoms with Crippen molar-refractivity contribution >= 4 is 27.0 Å². The number of benzene rings is 2. The van der Waals surface area contributed by atoms with Gasteiger partial charge in [-0.05, 0) is 36.0 Å². The van der Waals surface area contributed by atoms with Gasteiger partial charge in [-0.25, -0.2) is 4.98 Å². The number of aromatic amines is 1. The van der Waals surface area contributed by atoms with Crippen molar-refractivity contribution in [3.8, 4) is 17.1 Å². The monoisotopic (exact) mass is 386 g/mol. The molecule has 126 valence electrons. The van der Waals surface area contributed by atoms with E-state index in [-0.39, 0.29) is 0 Å². The third kappa shape index (κ3) is 3.34. The molecule has 0 saturated heterocycles. The van der Waals surface area contributed by atoms with Crippen molar-refractivity contribution in [2.24, 2.45) is 0 Å². The zero-order valence-electron chi connectivity index (χ0n) is 14.4. The highest BCUT2D eigenvalue weighted by molar-refractivity contribution is 9.09. The van der Waals surface area contributed by atoms with Crippen molar-refractivity contribution in [2.45, 2.75) is 32.6 Å². The third-order valence-corrected chi connectivity index (χ3v) is 4.90. The van der Waals surface area contributed by atoms with Gasteiger partial charge < -0.3 is 9.72 Å². The number of hydrogen-bond donors (Lipinski definition) is 1. The zero-order chi connectivity index (χ0) is 17.1. The smallest absolute Gasteiger partial charge is 0.144 e. The molecular formula is C20H23BrN2O. The summed E-state index contributed by atoms with van der Waals surface area (Å²) in [5.74, 6) is 2.26. The van der Waals surface area contributed by atoms with Gasteiger partial charge >= 0.3 is 0 Å². The van der Waals surface area contributed by atoms with Crippen molar-refractivity contribution < 1.29 is 4.74 Å². The van der Waals surface area contributed by atoms with Gasteiger partial charge in [-0.2, -0.15) is 0 Å². The van der Waals surface area contributed by atoms with E-state index in [1.54, 1.807) is 7.11 Å². The van der Waals surface area contributed by atoms with Crippen LogP contribution in [0.25, 0.3) is 22.4 Å². The van der Waals surface area contributed by atoms with E-state index in [0.29, 0.717) is 5.92 Å². The summed E-state index contributed by atoms with van der Waals surface area (Å²) in [6, 6.07) is 12.8. The summed E-state index contributed by atoms with van der Waals surface area (Å²) in [5.41, 5.74) is 5.69. The molecule has 0 saturated carbocycles. The molecule has 1 N–H and O–H groups in total. The Balaban J connectivity index is 2.05. The lowest BCUT2D eigenvalue weighted by atomic mass is 10.0. The molecule has 1 aromatic heterocycles. The molecule has 3 aromatic rings. The number of halogens is 1. The van der Waals surface area contributed by atoms with Crippen LogP contribution in [0.2, 0.25) is 0 Å². The molecule has 0 radical (unpaired) electrons. The van der Waals surface area contributed by atoms with Gasteiger partial charge in [-0.1, -0.05) is 60.1 Å². The summed E-state index contributed by atoms with van der Waals surface area (Å²) >= 11 is 3.51. The fourth-order valence-corrected chi connectivity index (χ4v) is 3.19. The van der Waals surface area contributed by atoms with Crippen LogP contribution in [0.5, 0.6) is 5.75 Å². The van der Waals surface area contributed by atoms with Gasteiger partial charge in [0, 0.05) is 10.9 Å². The molecule has 0 amide bonds. The second-order valence-corrected chi connectivity index (χ2v) is 7.10. The normalized spacial score (nSPS) is 11.4. The molecular weight excluding hydrogens is 364 g/mol. The quantitative estimate of drug-likeness (QED) is 0.552. The SMILES string of the molecule is COc1ccc(CCCBr)c2nc(-c3ccc(C(C)C)cc3)[nH]c12. The molecule has 0 spiro atoms. The average Bonchev–Trinajstić information content (AvgIpc) is 3.05.